The minimum Gasteiger partial charge on any atom is -0.462 e. The lowest BCUT2D eigenvalue weighted by atomic mass is 10.0. The van der Waals surface area contributed by atoms with E-state index in [4.69, 9.17) is 14.2 Å². The fourth-order valence-corrected chi connectivity index (χ4v) is 9.27. The third-order valence-electron chi connectivity index (χ3n) is 14.1. The highest BCUT2D eigenvalue weighted by molar-refractivity contribution is 5.72. The third-order valence-corrected chi connectivity index (χ3v) is 14.1. The Morgan fingerprint density at radius 3 is 0.908 bits per heavy atom. The summed E-state index contributed by atoms with van der Waals surface area (Å²) in [4.78, 5) is 38.2. The van der Waals surface area contributed by atoms with Crippen molar-refractivity contribution in [2.24, 2.45) is 0 Å². The number of carbonyl (C=O) groups excluding carboxylic acids is 3. The molecule has 0 aromatic heterocycles. The highest BCUT2D eigenvalue weighted by atomic mass is 16.6. The number of rotatable bonds is 59. The molecule has 1 unspecified atom stereocenters. The first-order valence-electron chi connectivity index (χ1n) is 32.6. The van der Waals surface area contributed by atoms with E-state index in [1.165, 1.54) is 199 Å². The Kier molecular flexibility index (Phi) is 61.2. The van der Waals surface area contributed by atoms with Gasteiger partial charge in [-0.2, -0.15) is 0 Å². The average molecular weight is 1060 g/mol. The molecule has 0 heterocycles. The van der Waals surface area contributed by atoms with Crippen LogP contribution in [0, 0.1) is 0 Å². The van der Waals surface area contributed by atoms with Gasteiger partial charge in [0.05, 0.1) is 6.42 Å². The Hall–Kier alpha value is -3.41. The van der Waals surface area contributed by atoms with Crippen LogP contribution in [0.15, 0.2) is 85.1 Å². The van der Waals surface area contributed by atoms with Crippen LogP contribution >= 0.6 is 0 Å². The zero-order valence-electron chi connectivity index (χ0n) is 50.3. The van der Waals surface area contributed by atoms with Gasteiger partial charge < -0.3 is 14.2 Å². The molecule has 0 aromatic carbocycles. The number of hydrogen-bond acceptors (Lipinski definition) is 6. The van der Waals surface area contributed by atoms with Crippen molar-refractivity contribution in [1.82, 2.24) is 0 Å². The molecule has 0 amide bonds. The molecule has 0 aliphatic heterocycles. The maximum Gasteiger partial charge on any atom is 0.309 e. The molecule has 0 saturated heterocycles. The zero-order valence-corrected chi connectivity index (χ0v) is 50.3. The zero-order chi connectivity index (χ0) is 55.0. The molecule has 1 atom stereocenters. The minimum atomic E-state index is -0.821. The van der Waals surface area contributed by atoms with Crippen molar-refractivity contribution in [1.29, 1.82) is 0 Å². The van der Waals surface area contributed by atoms with Gasteiger partial charge in [-0.1, -0.05) is 292 Å². The van der Waals surface area contributed by atoms with Crippen molar-refractivity contribution in [3.8, 4) is 0 Å². The van der Waals surface area contributed by atoms with Gasteiger partial charge in [0.2, 0.25) is 0 Å². The Morgan fingerprint density at radius 2 is 0.566 bits per heavy atom. The van der Waals surface area contributed by atoms with Crippen molar-refractivity contribution >= 4 is 17.9 Å². The van der Waals surface area contributed by atoms with Crippen LogP contribution in [0.25, 0.3) is 0 Å². The van der Waals surface area contributed by atoms with Gasteiger partial charge in [0.15, 0.2) is 6.10 Å². The Labute approximate surface area is 471 Å². The molecule has 0 fully saturated rings. The maximum atomic E-state index is 12.9. The predicted molar refractivity (Wildman–Crippen MR) is 330 cm³/mol. The summed E-state index contributed by atoms with van der Waals surface area (Å²) in [5.41, 5.74) is 0. The summed E-state index contributed by atoms with van der Waals surface area (Å²) in [6.45, 7) is 6.46. The third kappa shape index (κ3) is 61.4. The molecule has 6 heteroatoms. The Bertz CT molecular complexity index is 1450. The molecule has 0 aromatic rings. The quantitative estimate of drug-likeness (QED) is 0.0261. The summed E-state index contributed by atoms with van der Waals surface area (Å²) in [7, 11) is 0. The van der Waals surface area contributed by atoms with E-state index in [1.807, 2.05) is 6.08 Å². The number of ether oxygens (including phenoxy) is 3. The molecule has 6 nitrogen and oxygen atoms in total. The number of hydrogen-bond donors (Lipinski definition) is 0. The molecule has 0 N–H and O–H groups in total. The van der Waals surface area contributed by atoms with E-state index >= 15 is 0 Å². The van der Waals surface area contributed by atoms with E-state index < -0.39 is 12.1 Å². The molecule has 0 radical (unpaired) electrons. The summed E-state index contributed by atoms with van der Waals surface area (Å²) >= 11 is 0. The summed E-state index contributed by atoms with van der Waals surface area (Å²) < 4.78 is 16.8. The molecule has 0 rings (SSSR count). The summed E-state index contributed by atoms with van der Waals surface area (Å²) in [6, 6.07) is 0. The molecular formula is C70H122O6. The number of esters is 3. The van der Waals surface area contributed by atoms with Crippen LogP contribution in [0.2, 0.25) is 0 Å². The Balaban J connectivity index is 4.32. The first-order chi connectivity index (χ1) is 37.5. The molecule has 0 spiro atoms. The lowest BCUT2D eigenvalue weighted by Crippen LogP contribution is -2.30. The standard InChI is InChI=1S/C70H122O6/c1-4-7-10-13-16-19-22-25-28-30-31-32-33-34-35-36-37-38-39-40-43-45-48-51-54-57-60-63-69(72)75-66-67(65-74-68(71)62-59-56-53-50-47-44-41-27-24-21-18-15-12-9-6-3)76-70(73)64-61-58-55-52-49-46-42-29-26-23-20-17-14-11-8-5-2/h9,12,18,21,27,29-31,41-42,47,50,56,59,67H,4-8,10-11,13-17,19-20,22-26,28,32-40,43-46,48-49,51-55,57-58,60-66H2,1-3H3/b12-9-,21-18-,31-30-,41-27-,42-29-,50-47-,59-56-. The van der Waals surface area contributed by atoms with Crippen LogP contribution in [-0.2, 0) is 28.6 Å². The molecule has 0 bridgehead atoms. The Morgan fingerprint density at radius 1 is 0.289 bits per heavy atom. The van der Waals surface area contributed by atoms with Crippen molar-refractivity contribution in [3.63, 3.8) is 0 Å². The lowest BCUT2D eigenvalue weighted by molar-refractivity contribution is -0.166. The van der Waals surface area contributed by atoms with Gasteiger partial charge in [-0.3, -0.25) is 14.4 Å². The SMILES string of the molecule is CC/C=C\C/C=C\C/C=C\C/C=C\C/C=C\CC(=O)OCC(COC(=O)CCCCCCCCCCCCCCCCC/C=C\CCCCCCCCCC)OC(=O)CCCCCCC/C=C\CCCCCCCCC. The number of allylic oxidation sites excluding steroid dienone is 13. The molecule has 0 saturated carbocycles. The fourth-order valence-electron chi connectivity index (χ4n) is 9.27. The van der Waals surface area contributed by atoms with Crippen molar-refractivity contribution in [3.05, 3.63) is 85.1 Å². The summed E-state index contributed by atoms with van der Waals surface area (Å²) in [5, 5.41) is 0. The second-order valence-electron chi connectivity index (χ2n) is 21.7. The minimum absolute atomic E-state index is 0.108. The predicted octanol–water partition coefficient (Wildman–Crippen LogP) is 22.3. The van der Waals surface area contributed by atoms with Gasteiger partial charge >= 0.3 is 17.9 Å². The van der Waals surface area contributed by atoms with E-state index in [2.05, 4.69) is 93.7 Å². The van der Waals surface area contributed by atoms with Crippen LogP contribution in [0.4, 0.5) is 0 Å². The summed E-state index contributed by atoms with van der Waals surface area (Å²) in [5.74, 6) is -1.04. The topological polar surface area (TPSA) is 78.9 Å². The van der Waals surface area contributed by atoms with Gasteiger partial charge in [0.1, 0.15) is 13.2 Å². The molecule has 438 valence electrons. The van der Waals surface area contributed by atoms with Gasteiger partial charge in [0.25, 0.3) is 0 Å². The molecular weight excluding hydrogens is 937 g/mol. The van der Waals surface area contributed by atoms with E-state index in [9.17, 15) is 14.4 Å². The lowest BCUT2D eigenvalue weighted by Gasteiger charge is -2.18. The number of carbonyl (C=O) groups is 3. The first-order valence-corrected chi connectivity index (χ1v) is 32.6. The van der Waals surface area contributed by atoms with Gasteiger partial charge in [-0.25, -0.2) is 0 Å². The molecule has 76 heavy (non-hydrogen) atoms. The van der Waals surface area contributed by atoms with Crippen LogP contribution in [0.3, 0.4) is 0 Å². The van der Waals surface area contributed by atoms with Gasteiger partial charge in [-0.15, -0.1) is 0 Å². The largest absolute Gasteiger partial charge is 0.462 e. The molecule has 0 aliphatic carbocycles. The van der Waals surface area contributed by atoms with Crippen molar-refractivity contribution in [2.75, 3.05) is 13.2 Å². The highest BCUT2D eigenvalue weighted by Gasteiger charge is 2.19. The van der Waals surface area contributed by atoms with Crippen molar-refractivity contribution < 1.29 is 28.6 Å². The van der Waals surface area contributed by atoms with Crippen molar-refractivity contribution in [2.45, 2.75) is 329 Å². The second kappa shape index (κ2) is 64.1. The van der Waals surface area contributed by atoms with Crippen LogP contribution < -0.4 is 0 Å². The second-order valence-corrected chi connectivity index (χ2v) is 21.7. The van der Waals surface area contributed by atoms with Gasteiger partial charge in [-0.05, 0) is 96.3 Å². The smallest absolute Gasteiger partial charge is 0.309 e. The molecule has 0 aliphatic rings. The monoisotopic (exact) mass is 1060 g/mol. The average Bonchev–Trinajstić information content (AvgIpc) is 3.42. The van der Waals surface area contributed by atoms with E-state index in [1.54, 1.807) is 6.08 Å². The fraction of sp³-hybridized carbons (Fsp3) is 0.757. The van der Waals surface area contributed by atoms with E-state index in [-0.39, 0.29) is 31.6 Å². The van der Waals surface area contributed by atoms with E-state index in [0.29, 0.717) is 12.8 Å². The van der Waals surface area contributed by atoms with Crippen LogP contribution in [0.5, 0.6) is 0 Å². The van der Waals surface area contributed by atoms with Gasteiger partial charge in [0, 0.05) is 12.8 Å². The summed E-state index contributed by atoms with van der Waals surface area (Å²) in [6.07, 6.45) is 84.9. The first kappa shape index (κ1) is 72.6. The maximum absolute atomic E-state index is 12.9. The van der Waals surface area contributed by atoms with Crippen LogP contribution in [0.1, 0.15) is 323 Å². The van der Waals surface area contributed by atoms with E-state index in [0.717, 1.165) is 83.5 Å². The normalized spacial score (nSPS) is 12.6. The highest BCUT2D eigenvalue weighted by Crippen LogP contribution is 2.17. The van der Waals surface area contributed by atoms with Crippen LogP contribution in [-0.4, -0.2) is 37.2 Å². The number of unbranched alkanes of at least 4 members (excludes halogenated alkanes) is 35.